The van der Waals surface area contributed by atoms with E-state index in [2.05, 4.69) is 10.3 Å². The van der Waals surface area contributed by atoms with Gasteiger partial charge in [-0.3, -0.25) is 0 Å². The van der Waals surface area contributed by atoms with Crippen LogP contribution in [0.15, 0.2) is 54.6 Å². The van der Waals surface area contributed by atoms with Crippen LogP contribution in [-0.2, 0) is 11.2 Å². The fraction of sp³-hybridized carbons (Fsp3) is 0.318. The molecule has 0 unspecified atom stereocenters. The predicted molar refractivity (Wildman–Crippen MR) is 105 cm³/mol. The summed E-state index contributed by atoms with van der Waals surface area (Å²) in [5.41, 5.74) is 2.50. The largest absolute Gasteiger partial charge is 0.490 e. The third-order valence-electron chi connectivity index (χ3n) is 4.89. The van der Waals surface area contributed by atoms with E-state index in [0.29, 0.717) is 18.7 Å². The summed E-state index contributed by atoms with van der Waals surface area (Å²) in [6.45, 7) is 2.32. The molecule has 1 saturated heterocycles. The maximum Gasteiger partial charge on any atom is 0.354 e. The molecule has 2 heterocycles. The number of carbonyl (C=O) groups excluding carboxylic acids is 1. The number of rotatable bonds is 6. The summed E-state index contributed by atoms with van der Waals surface area (Å²) >= 11 is 0. The molecule has 5 heteroatoms. The molecule has 0 amide bonds. The lowest BCUT2D eigenvalue weighted by Crippen LogP contribution is -2.34. The minimum Gasteiger partial charge on any atom is -0.490 e. The van der Waals surface area contributed by atoms with Crippen LogP contribution >= 0.6 is 0 Å². The van der Waals surface area contributed by atoms with E-state index in [0.717, 1.165) is 48.1 Å². The van der Waals surface area contributed by atoms with Gasteiger partial charge in [0.1, 0.15) is 17.5 Å². The summed E-state index contributed by atoms with van der Waals surface area (Å²) in [7, 11) is 0. The molecule has 140 valence electrons. The van der Waals surface area contributed by atoms with Gasteiger partial charge in [-0.05, 0) is 49.7 Å². The number of aromatic nitrogens is 1. The smallest absolute Gasteiger partial charge is 0.354 e. The third kappa shape index (κ3) is 4.31. The number of esters is 1. The zero-order valence-electron chi connectivity index (χ0n) is 15.2. The number of fused-ring (bicyclic) bond motifs is 1. The minimum atomic E-state index is -0.338. The average Bonchev–Trinajstić information content (AvgIpc) is 3.15. The second-order valence-corrected chi connectivity index (χ2v) is 6.84. The Morgan fingerprint density at radius 2 is 1.85 bits per heavy atom. The standard InChI is InChI=1S/C22H24N2O3/c25-22(26-14-11-16-5-2-1-3-6-16)20-15-18-19(24-20)7-4-8-21(18)27-17-9-12-23-13-10-17/h1-8,15,17,23-24H,9-14H2. The molecule has 2 N–H and O–H groups in total. The molecule has 1 aliphatic heterocycles. The van der Waals surface area contributed by atoms with E-state index in [9.17, 15) is 4.79 Å². The van der Waals surface area contributed by atoms with Gasteiger partial charge in [0.05, 0.1) is 6.61 Å². The Kier molecular flexibility index (Phi) is 5.39. The quantitative estimate of drug-likeness (QED) is 0.655. The lowest BCUT2D eigenvalue weighted by atomic mass is 10.1. The van der Waals surface area contributed by atoms with Crippen LogP contribution in [0.5, 0.6) is 5.75 Å². The Bertz CT molecular complexity index is 898. The van der Waals surface area contributed by atoms with Crippen LogP contribution in [0, 0.1) is 0 Å². The lowest BCUT2D eigenvalue weighted by molar-refractivity contribution is 0.0503. The highest BCUT2D eigenvalue weighted by Gasteiger charge is 2.18. The van der Waals surface area contributed by atoms with Crippen molar-refractivity contribution in [2.75, 3.05) is 19.7 Å². The summed E-state index contributed by atoms with van der Waals surface area (Å²) in [6.07, 6.45) is 2.91. The highest BCUT2D eigenvalue weighted by molar-refractivity contribution is 5.97. The summed E-state index contributed by atoms with van der Waals surface area (Å²) in [4.78, 5) is 15.6. The van der Waals surface area contributed by atoms with Crippen LogP contribution in [0.2, 0.25) is 0 Å². The maximum absolute atomic E-state index is 12.4. The molecule has 1 aliphatic rings. The molecule has 1 aromatic heterocycles. The van der Waals surface area contributed by atoms with Crippen molar-refractivity contribution in [2.24, 2.45) is 0 Å². The van der Waals surface area contributed by atoms with E-state index in [-0.39, 0.29) is 12.1 Å². The molecule has 0 saturated carbocycles. The van der Waals surface area contributed by atoms with E-state index in [4.69, 9.17) is 9.47 Å². The van der Waals surface area contributed by atoms with Crippen LogP contribution < -0.4 is 10.1 Å². The Hall–Kier alpha value is -2.79. The zero-order chi connectivity index (χ0) is 18.5. The third-order valence-corrected chi connectivity index (χ3v) is 4.89. The van der Waals surface area contributed by atoms with Crippen LogP contribution in [0.1, 0.15) is 28.9 Å². The Morgan fingerprint density at radius 1 is 1.04 bits per heavy atom. The first-order chi connectivity index (χ1) is 13.3. The average molecular weight is 364 g/mol. The van der Waals surface area contributed by atoms with Crippen molar-refractivity contribution in [3.8, 4) is 5.75 Å². The van der Waals surface area contributed by atoms with E-state index < -0.39 is 0 Å². The highest BCUT2D eigenvalue weighted by atomic mass is 16.5. The molecular formula is C22H24N2O3. The molecule has 1 fully saturated rings. The second kappa shape index (κ2) is 8.27. The van der Waals surface area contributed by atoms with Crippen molar-refractivity contribution in [1.29, 1.82) is 0 Å². The molecule has 0 aliphatic carbocycles. The first-order valence-electron chi connectivity index (χ1n) is 9.50. The van der Waals surface area contributed by atoms with Gasteiger partial charge in [0, 0.05) is 17.3 Å². The van der Waals surface area contributed by atoms with Gasteiger partial charge in [0.15, 0.2) is 0 Å². The van der Waals surface area contributed by atoms with Crippen LogP contribution in [0.4, 0.5) is 0 Å². The Morgan fingerprint density at radius 3 is 2.67 bits per heavy atom. The van der Waals surface area contributed by atoms with Gasteiger partial charge in [-0.15, -0.1) is 0 Å². The number of ether oxygens (including phenoxy) is 2. The van der Waals surface area contributed by atoms with E-state index >= 15 is 0 Å². The van der Waals surface area contributed by atoms with Crippen molar-refractivity contribution in [1.82, 2.24) is 10.3 Å². The number of H-pyrrole nitrogens is 1. The molecule has 5 nitrogen and oxygen atoms in total. The van der Waals surface area contributed by atoms with E-state index in [1.165, 1.54) is 0 Å². The number of benzene rings is 2. The molecular weight excluding hydrogens is 340 g/mol. The van der Waals surface area contributed by atoms with Gasteiger partial charge < -0.3 is 19.8 Å². The Labute approximate surface area is 158 Å². The molecule has 27 heavy (non-hydrogen) atoms. The number of carbonyl (C=O) groups is 1. The summed E-state index contributed by atoms with van der Waals surface area (Å²) in [5.74, 6) is 0.480. The van der Waals surface area contributed by atoms with Gasteiger partial charge in [-0.1, -0.05) is 36.4 Å². The van der Waals surface area contributed by atoms with E-state index in [1.54, 1.807) is 0 Å². The lowest BCUT2D eigenvalue weighted by Gasteiger charge is -2.24. The highest BCUT2D eigenvalue weighted by Crippen LogP contribution is 2.28. The summed E-state index contributed by atoms with van der Waals surface area (Å²) < 4.78 is 11.6. The summed E-state index contributed by atoms with van der Waals surface area (Å²) in [6, 6.07) is 17.7. The number of hydrogen-bond donors (Lipinski definition) is 2. The minimum absolute atomic E-state index is 0.216. The van der Waals surface area contributed by atoms with E-state index in [1.807, 2.05) is 54.6 Å². The van der Waals surface area contributed by atoms with Gasteiger partial charge in [-0.2, -0.15) is 0 Å². The Balaban J connectivity index is 1.42. The fourth-order valence-electron chi connectivity index (χ4n) is 3.42. The first-order valence-corrected chi connectivity index (χ1v) is 9.50. The molecule has 2 aromatic carbocycles. The zero-order valence-corrected chi connectivity index (χ0v) is 15.2. The van der Waals surface area contributed by atoms with Crippen LogP contribution in [0.25, 0.3) is 10.9 Å². The number of piperidine rings is 1. The summed E-state index contributed by atoms with van der Waals surface area (Å²) in [5, 5.41) is 4.26. The molecule has 0 bridgehead atoms. The van der Waals surface area contributed by atoms with Crippen LogP contribution in [-0.4, -0.2) is 36.8 Å². The first kappa shape index (κ1) is 17.6. The van der Waals surface area contributed by atoms with Crippen molar-refractivity contribution in [3.63, 3.8) is 0 Å². The predicted octanol–water partition coefficient (Wildman–Crippen LogP) is 3.70. The second-order valence-electron chi connectivity index (χ2n) is 6.84. The molecule has 0 radical (unpaired) electrons. The van der Waals surface area contributed by atoms with Gasteiger partial charge in [0.25, 0.3) is 0 Å². The topological polar surface area (TPSA) is 63.4 Å². The monoisotopic (exact) mass is 364 g/mol. The van der Waals surface area contributed by atoms with Gasteiger partial charge >= 0.3 is 5.97 Å². The van der Waals surface area contributed by atoms with Crippen molar-refractivity contribution >= 4 is 16.9 Å². The van der Waals surface area contributed by atoms with Gasteiger partial charge in [-0.25, -0.2) is 4.79 Å². The maximum atomic E-state index is 12.4. The molecule has 4 rings (SSSR count). The van der Waals surface area contributed by atoms with Crippen LogP contribution in [0.3, 0.4) is 0 Å². The number of aromatic amines is 1. The number of nitrogens with one attached hydrogen (secondary N) is 2. The normalized spacial score (nSPS) is 15.0. The molecule has 3 aromatic rings. The molecule has 0 spiro atoms. The SMILES string of the molecule is O=C(OCCc1ccccc1)c1cc2c(OC3CCNCC3)cccc2[nH]1. The van der Waals surface area contributed by atoms with Gasteiger partial charge in [0.2, 0.25) is 0 Å². The van der Waals surface area contributed by atoms with Crippen molar-refractivity contribution in [2.45, 2.75) is 25.4 Å². The fourth-order valence-corrected chi connectivity index (χ4v) is 3.42. The van der Waals surface area contributed by atoms with Crippen molar-refractivity contribution in [3.05, 3.63) is 65.9 Å². The number of hydrogen-bond acceptors (Lipinski definition) is 4. The van der Waals surface area contributed by atoms with Crippen molar-refractivity contribution < 1.29 is 14.3 Å². The molecule has 0 atom stereocenters.